The summed E-state index contributed by atoms with van der Waals surface area (Å²) in [6.45, 7) is 0. The highest BCUT2D eigenvalue weighted by Gasteiger charge is 2.12. The molecule has 5 nitrogen and oxygen atoms in total. The Morgan fingerprint density at radius 2 is 1.86 bits per heavy atom. The number of hydrogen-bond acceptors (Lipinski definition) is 4. The lowest BCUT2D eigenvalue weighted by molar-refractivity contribution is 0.598. The van der Waals surface area contributed by atoms with E-state index in [0.717, 1.165) is 0 Å². The molecule has 5 N–H and O–H groups in total. The number of primary sulfonamides is 1. The van der Waals surface area contributed by atoms with E-state index in [2.05, 4.69) is 5.32 Å². The monoisotopic (exact) mass is 325 g/mol. The first-order valence-corrected chi connectivity index (χ1v) is 7.72. The van der Waals surface area contributed by atoms with Crippen LogP contribution in [0.2, 0.25) is 0 Å². The van der Waals surface area contributed by atoms with E-state index in [1.54, 1.807) is 12.1 Å². The molecule has 0 aliphatic carbocycles. The summed E-state index contributed by atoms with van der Waals surface area (Å²) in [5.41, 5.74) is 6.33. The van der Waals surface area contributed by atoms with Crippen LogP contribution in [0.3, 0.4) is 0 Å². The van der Waals surface area contributed by atoms with Gasteiger partial charge in [0.25, 0.3) is 0 Å². The van der Waals surface area contributed by atoms with E-state index >= 15 is 0 Å². The molecule has 0 spiro atoms. The zero-order valence-electron chi connectivity index (χ0n) is 10.7. The quantitative estimate of drug-likeness (QED) is 0.745. The summed E-state index contributed by atoms with van der Waals surface area (Å²) in [5, 5.41) is 7.94. The third-order valence-electron chi connectivity index (χ3n) is 2.70. The minimum atomic E-state index is -3.82. The number of anilines is 2. The molecule has 2 aromatic rings. The van der Waals surface area contributed by atoms with Crippen LogP contribution in [-0.2, 0) is 10.0 Å². The highest BCUT2D eigenvalue weighted by molar-refractivity contribution is 7.89. The van der Waals surface area contributed by atoms with E-state index in [0.29, 0.717) is 11.4 Å². The van der Waals surface area contributed by atoms with Crippen LogP contribution in [0.5, 0.6) is 0 Å². The number of nitrogens with two attached hydrogens (primary N) is 2. The van der Waals surface area contributed by atoms with Crippen molar-refractivity contribution in [3.63, 3.8) is 0 Å². The number of thiocarbonyl (C=S) groups is 1. The SMILES string of the molecule is NC(=S)c1c(F)cccc1Nc1cccc(S(N)(=O)=O)c1. The fourth-order valence-corrected chi connectivity index (χ4v) is 2.55. The first-order valence-electron chi connectivity index (χ1n) is 5.77. The number of halogens is 1. The number of nitrogens with one attached hydrogen (secondary N) is 1. The Hall–Kier alpha value is -2.03. The lowest BCUT2D eigenvalue weighted by Crippen LogP contribution is -2.14. The van der Waals surface area contributed by atoms with Crippen LogP contribution in [0.15, 0.2) is 47.4 Å². The van der Waals surface area contributed by atoms with Crippen molar-refractivity contribution in [2.45, 2.75) is 4.90 Å². The van der Waals surface area contributed by atoms with Crippen molar-refractivity contribution in [2.75, 3.05) is 5.32 Å². The lowest BCUT2D eigenvalue weighted by atomic mass is 10.1. The van der Waals surface area contributed by atoms with Crippen LogP contribution in [0.1, 0.15) is 5.56 Å². The molecule has 0 saturated heterocycles. The Morgan fingerprint density at radius 3 is 2.48 bits per heavy atom. The second kappa shape index (κ2) is 5.76. The number of hydrogen-bond donors (Lipinski definition) is 3. The highest BCUT2D eigenvalue weighted by atomic mass is 32.2. The van der Waals surface area contributed by atoms with E-state index < -0.39 is 15.8 Å². The Bertz CT molecular complexity index is 807. The van der Waals surface area contributed by atoms with Gasteiger partial charge in [0.05, 0.1) is 16.1 Å². The molecule has 8 heteroatoms. The molecule has 0 fully saturated rings. The van der Waals surface area contributed by atoms with E-state index in [1.165, 1.54) is 30.3 Å². The highest BCUT2D eigenvalue weighted by Crippen LogP contribution is 2.24. The molecule has 0 aromatic heterocycles. The maximum atomic E-state index is 13.7. The average molecular weight is 325 g/mol. The second-order valence-corrected chi connectivity index (χ2v) is 6.23. The van der Waals surface area contributed by atoms with E-state index in [4.69, 9.17) is 23.1 Å². The third kappa shape index (κ3) is 3.54. The van der Waals surface area contributed by atoms with Crippen molar-refractivity contribution in [1.82, 2.24) is 0 Å². The van der Waals surface area contributed by atoms with Gasteiger partial charge in [-0.3, -0.25) is 0 Å². The molecule has 21 heavy (non-hydrogen) atoms. The fourth-order valence-electron chi connectivity index (χ4n) is 1.79. The van der Waals surface area contributed by atoms with Gasteiger partial charge in [-0.15, -0.1) is 0 Å². The fraction of sp³-hybridized carbons (Fsp3) is 0. The molecular formula is C13H12FN3O2S2. The summed E-state index contributed by atoms with van der Waals surface area (Å²) in [6, 6.07) is 10.1. The zero-order valence-corrected chi connectivity index (χ0v) is 12.3. The second-order valence-electron chi connectivity index (χ2n) is 4.22. The molecule has 2 aromatic carbocycles. The topological polar surface area (TPSA) is 98.2 Å². The van der Waals surface area contributed by atoms with Gasteiger partial charge >= 0.3 is 0 Å². The molecule has 0 radical (unpaired) electrons. The summed E-state index contributed by atoms with van der Waals surface area (Å²) in [7, 11) is -3.82. The largest absolute Gasteiger partial charge is 0.389 e. The van der Waals surface area contributed by atoms with Gasteiger partial charge in [-0.05, 0) is 30.3 Å². The van der Waals surface area contributed by atoms with Gasteiger partial charge in [0.15, 0.2) is 0 Å². The molecule has 0 aliphatic rings. The van der Waals surface area contributed by atoms with E-state index in [-0.39, 0.29) is 15.4 Å². The number of benzene rings is 2. The number of sulfonamides is 1. The van der Waals surface area contributed by atoms with Gasteiger partial charge < -0.3 is 11.1 Å². The summed E-state index contributed by atoms with van der Waals surface area (Å²) in [5.74, 6) is -0.560. The minimum Gasteiger partial charge on any atom is -0.389 e. The molecule has 0 unspecified atom stereocenters. The van der Waals surface area contributed by atoms with Gasteiger partial charge in [0, 0.05) is 5.69 Å². The van der Waals surface area contributed by atoms with Gasteiger partial charge in [0.2, 0.25) is 10.0 Å². The van der Waals surface area contributed by atoms with Crippen LogP contribution >= 0.6 is 12.2 Å². The Morgan fingerprint density at radius 1 is 1.19 bits per heavy atom. The van der Waals surface area contributed by atoms with Gasteiger partial charge in [-0.2, -0.15) is 0 Å². The summed E-state index contributed by atoms with van der Waals surface area (Å²) in [6.07, 6.45) is 0. The molecule has 0 saturated carbocycles. The normalized spacial score (nSPS) is 11.1. The first-order chi connectivity index (χ1) is 9.79. The average Bonchev–Trinajstić information content (AvgIpc) is 2.37. The smallest absolute Gasteiger partial charge is 0.238 e. The summed E-state index contributed by atoms with van der Waals surface area (Å²) in [4.78, 5) is -0.154. The molecular weight excluding hydrogens is 313 g/mol. The summed E-state index contributed by atoms with van der Waals surface area (Å²) < 4.78 is 36.4. The van der Waals surface area contributed by atoms with E-state index in [1.807, 2.05) is 0 Å². The Kier molecular flexibility index (Phi) is 4.21. The lowest BCUT2D eigenvalue weighted by Gasteiger charge is -2.12. The molecule has 0 aliphatic heterocycles. The van der Waals surface area contributed by atoms with Gasteiger partial charge in [-0.25, -0.2) is 17.9 Å². The third-order valence-corrected chi connectivity index (χ3v) is 3.82. The maximum Gasteiger partial charge on any atom is 0.238 e. The van der Waals surface area contributed by atoms with Crippen LogP contribution in [0.25, 0.3) is 0 Å². The molecule has 0 heterocycles. The van der Waals surface area contributed by atoms with Crippen molar-refractivity contribution in [3.05, 3.63) is 53.8 Å². The van der Waals surface area contributed by atoms with Crippen molar-refractivity contribution >= 4 is 38.6 Å². The van der Waals surface area contributed by atoms with Crippen LogP contribution in [0, 0.1) is 5.82 Å². The molecule has 2 rings (SSSR count). The zero-order chi connectivity index (χ0) is 15.6. The minimum absolute atomic E-state index is 0.0548. The molecule has 0 bridgehead atoms. The maximum absolute atomic E-state index is 13.7. The summed E-state index contributed by atoms with van der Waals surface area (Å²) >= 11 is 4.82. The van der Waals surface area contributed by atoms with Crippen LogP contribution in [0.4, 0.5) is 15.8 Å². The predicted molar refractivity (Wildman–Crippen MR) is 83.4 cm³/mol. The molecule has 0 amide bonds. The Balaban J connectivity index is 2.44. The van der Waals surface area contributed by atoms with Crippen molar-refractivity contribution in [1.29, 1.82) is 0 Å². The first kappa shape index (κ1) is 15.4. The Labute approximate surface area is 126 Å². The number of rotatable bonds is 4. The predicted octanol–water partition coefficient (Wildman–Crippen LogP) is 1.85. The standard InChI is InChI=1S/C13H12FN3O2S2/c14-10-5-2-6-11(12(10)13(15)20)17-8-3-1-4-9(7-8)21(16,18)19/h1-7,17H,(H2,15,20)(H2,16,18,19). The van der Waals surface area contributed by atoms with Gasteiger partial charge in [-0.1, -0.05) is 24.4 Å². The van der Waals surface area contributed by atoms with Crippen molar-refractivity contribution in [3.8, 4) is 0 Å². The van der Waals surface area contributed by atoms with Crippen molar-refractivity contribution < 1.29 is 12.8 Å². The van der Waals surface area contributed by atoms with Crippen LogP contribution < -0.4 is 16.2 Å². The van der Waals surface area contributed by atoms with Crippen molar-refractivity contribution in [2.24, 2.45) is 10.9 Å². The molecule has 0 atom stereocenters. The van der Waals surface area contributed by atoms with E-state index in [9.17, 15) is 12.8 Å². The van der Waals surface area contributed by atoms with Crippen LogP contribution in [-0.4, -0.2) is 13.4 Å². The molecule has 110 valence electrons. The van der Waals surface area contributed by atoms with Gasteiger partial charge in [0.1, 0.15) is 10.8 Å².